The number of aliphatic hydroxyl groups excluding tert-OH is 1. The fourth-order valence-corrected chi connectivity index (χ4v) is 0.506. The van der Waals surface area contributed by atoms with Crippen LogP contribution in [0, 0.1) is 0 Å². The molecule has 0 aliphatic rings. The van der Waals surface area contributed by atoms with Crippen molar-refractivity contribution >= 4 is 5.97 Å². The second-order valence-electron chi connectivity index (χ2n) is 2.40. The van der Waals surface area contributed by atoms with E-state index in [-0.39, 0.29) is 19.2 Å². The molecule has 0 spiro atoms. The van der Waals surface area contributed by atoms with Crippen LogP contribution in [0.3, 0.4) is 0 Å². The molecule has 0 aliphatic carbocycles. The highest BCUT2D eigenvalue weighted by molar-refractivity contribution is 5.65. The topological polar surface area (TPSA) is 46.5 Å². The van der Waals surface area contributed by atoms with E-state index >= 15 is 0 Å². The first-order valence-electron chi connectivity index (χ1n) is 3.73. The summed E-state index contributed by atoms with van der Waals surface area (Å²) >= 11 is 0. The van der Waals surface area contributed by atoms with E-state index in [4.69, 9.17) is 5.11 Å². The summed E-state index contributed by atoms with van der Waals surface area (Å²) in [4.78, 5) is 10.3. The second-order valence-corrected chi connectivity index (χ2v) is 2.40. The Hall–Kier alpha value is -1.09. The van der Waals surface area contributed by atoms with Gasteiger partial charge in [-0.25, -0.2) is 0 Å². The summed E-state index contributed by atoms with van der Waals surface area (Å²) in [7, 11) is 0. The summed E-state index contributed by atoms with van der Waals surface area (Å²) in [5.41, 5.74) is 0.870. The molecule has 0 fully saturated rings. The molecule has 0 amide bonds. The van der Waals surface area contributed by atoms with Crippen LogP contribution in [0.2, 0.25) is 0 Å². The van der Waals surface area contributed by atoms with Crippen molar-refractivity contribution in [3.63, 3.8) is 0 Å². The monoisotopic (exact) mass is 170 g/mol. The van der Waals surface area contributed by atoms with Gasteiger partial charge in [-0.3, -0.25) is 4.79 Å². The summed E-state index contributed by atoms with van der Waals surface area (Å²) < 4.78 is 4.64. The number of hydrogen-bond donors (Lipinski definition) is 1. The molecule has 68 valence electrons. The molecule has 0 saturated heterocycles. The van der Waals surface area contributed by atoms with E-state index in [1.807, 2.05) is 6.92 Å². The predicted molar refractivity (Wildman–Crippen MR) is 46.6 cm³/mol. The van der Waals surface area contributed by atoms with Crippen molar-refractivity contribution in [2.24, 2.45) is 0 Å². The lowest BCUT2D eigenvalue weighted by Crippen LogP contribution is -1.97. The van der Waals surface area contributed by atoms with Crippen molar-refractivity contribution in [3.8, 4) is 0 Å². The van der Waals surface area contributed by atoms with Crippen molar-refractivity contribution in [2.45, 2.75) is 13.8 Å². The first-order chi connectivity index (χ1) is 5.66. The van der Waals surface area contributed by atoms with Gasteiger partial charge in [-0.05, 0) is 18.6 Å². The lowest BCUT2D eigenvalue weighted by molar-refractivity contribution is -0.139. The van der Waals surface area contributed by atoms with E-state index < -0.39 is 0 Å². The number of carbonyl (C=O) groups is 1. The molecule has 0 aliphatic heterocycles. The Labute approximate surface area is 72.3 Å². The predicted octanol–water partition coefficient (Wildman–Crippen LogP) is 1.04. The minimum Gasteiger partial charge on any atom is -0.462 e. The lowest BCUT2D eigenvalue weighted by atomic mass is 10.3. The van der Waals surface area contributed by atoms with Crippen molar-refractivity contribution in [3.05, 3.63) is 23.8 Å². The third-order valence-corrected chi connectivity index (χ3v) is 1.15. The van der Waals surface area contributed by atoms with Crippen LogP contribution >= 0.6 is 0 Å². The number of ether oxygens (including phenoxy) is 1. The highest BCUT2D eigenvalue weighted by atomic mass is 16.5. The van der Waals surface area contributed by atoms with Gasteiger partial charge in [0.15, 0.2) is 0 Å². The average Bonchev–Trinajstić information content (AvgIpc) is 2.03. The van der Waals surface area contributed by atoms with Crippen LogP contribution in [0.1, 0.15) is 13.8 Å². The van der Waals surface area contributed by atoms with Gasteiger partial charge >= 0.3 is 5.97 Å². The Morgan fingerprint density at radius 2 is 2.17 bits per heavy atom. The molecule has 3 nitrogen and oxygen atoms in total. The molecule has 0 aromatic carbocycles. The summed E-state index contributed by atoms with van der Waals surface area (Å²) in [5.74, 6) is -0.289. The molecule has 0 radical (unpaired) electrons. The van der Waals surface area contributed by atoms with Gasteiger partial charge in [0.05, 0.1) is 6.61 Å². The molecule has 0 aromatic heterocycles. The van der Waals surface area contributed by atoms with Crippen molar-refractivity contribution in [1.82, 2.24) is 0 Å². The molecule has 0 unspecified atom stereocenters. The first kappa shape index (κ1) is 10.9. The first-order valence-corrected chi connectivity index (χ1v) is 3.73. The average molecular weight is 170 g/mol. The van der Waals surface area contributed by atoms with Crippen LogP contribution in [0.25, 0.3) is 0 Å². The maximum Gasteiger partial charge on any atom is 0.302 e. The van der Waals surface area contributed by atoms with Crippen LogP contribution < -0.4 is 0 Å². The Kier molecular flexibility index (Phi) is 6.01. The van der Waals surface area contributed by atoms with Crippen LogP contribution in [-0.4, -0.2) is 24.3 Å². The Morgan fingerprint density at radius 1 is 1.50 bits per heavy atom. The van der Waals surface area contributed by atoms with E-state index in [0.29, 0.717) is 0 Å². The SMILES string of the molecule is CC(=O)OC/C=C/C=C(\C)CO. The van der Waals surface area contributed by atoms with Crippen LogP contribution in [-0.2, 0) is 9.53 Å². The Bertz CT molecular complexity index is 192. The standard InChI is InChI=1S/C9H14O3/c1-8(7-10)5-3-4-6-12-9(2)11/h3-5,10H,6-7H2,1-2H3/b4-3+,8-5+. The number of aliphatic hydroxyl groups is 1. The van der Waals surface area contributed by atoms with Gasteiger partial charge in [0, 0.05) is 6.92 Å². The van der Waals surface area contributed by atoms with Gasteiger partial charge in [0.2, 0.25) is 0 Å². The quantitative estimate of drug-likeness (QED) is 0.506. The lowest BCUT2D eigenvalue weighted by Gasteiger charge is -1.93. The van der Waals surface area contributed by atoms with E-state index in [1.54, 1.807) is 18.2 Å². The van der Waals surface area contributed by atoms with Crippen LogP contribution in [0.15, 0.2) is 23.8 Å². The smallest absolute Gasteiger partial charge is 0.302 e. The summed E-state index contributed by atoms with van der Waals surface area (Å²) in [5, 5.41) is 8.59. The summed E-state index contributed by atoms with van der Waals surface area (Å²) in [6.45, 7) is 3.52. The number of carbonyl (C=O) groups excluding carboxylic acids is 1. The molecule has 0 atom stereocenters. The Morgan fingerprint density at radius 3 is 2.67 bits per heavy atom. The maximum atomic E-state index is 10.3. The van der Waals surface area contributed by atoms with E-state index in [9.17, 15) is 4.79 Å². The van der Waals surface area contributed by atoms with Gasteiger partial charge in [0.25, 0.3) is 0 Å². The minimum absolute atomic E-state index is 0.0535. The van der Waals surface area contributed by atoms with Crippen LogP contribution in [0.5, 0.6) is 0 Å². The Balaban J connectivity index is 3.56. The van der Waals surface area contributed by atoms with E-state index in [2.05, 4.69) is 4.74 Å². The van der Waals surface area contributed by atoms with Crippen molar-refractivity contribution in [2.75, 3.05) is 13.2 Å². The molecule has 0 rings (SSSR count). The summed E-state index contributed by atoms with van der Waals surface area (Å²) in [6.07, 6.45) is 5.22. The third kappa shape index (κ3) is 7.02. The zero-order valence-corrected chi connectivity index (χ0v) is 7.41. The number of allylic oxidation sites excluding steroid dienone is 2. The van der Waals surface area contributed by atoms with Gasteiger partial charge in [-0.1, -0.05) is 12.2 Å². The molecular weight excluding hydrogens is 156 g/mol. The van der Waals surface area contributed by atoms with E-state index in [1.165, 1.54) is 6.92 Å². The second kappa shape index (κ2) is 6.61. The van der Waals surface area contributed by atoms with Crippen molar-refractivity contribution in [1.29, 1.82) is 0 Å². The fraction of sp³-hybridized carbons (Fsp3) is 0.444. The zero-order valence-electron chi connectivity index (χ0n) is 7.41. The molecule has 12 heavy (non-hydrogen) atoms. The van der Waals surface area contributed by atoms with Gasteiger partial charge in [-0.2, -0.15) is 0 Å². The van der Waals surface area contributed by atoms with Gasteiger partial charge in [-0.15, -0.1) is 0 Å². The molecule has 0 aromatic rings. The normalized spacial score (nSPS) is 12.1. The molecule has 1 N–H and O–H groups in total. The van der Waals surface area contributed by atoms with E-state index in [0.717, 1.165) is 5.57 Å². The molecule has 3 heteroatoms. The molecule has 0 bridgehead atoms. The fourth-order valence-electron chi connectivity index (χ4n) is 0.506. The van der Waals surface area contributed by atoms with Crippen LogP contribution in [0.4, 0.5) is 0 Å². The largest absolute Gasteiger partial charge is 0.462 e. The number of rotatable bonds is 4. The maximum absolute atomic E-state index is 10.3. The summed E-state index contributed by atoms with van der Waals surface area (Å²) in [6, 6.07) is 0. The van der Waals surface area contributed by atoms with Crippen molar-refractivity contribution < 1.29 is 14.6 Å². The number of esters is 1. The van der Waals surface area contributed by atoms with Gasteiger partial charge < -0.3 is 9.84 Å². The molecule has 0 saturated carbocycles. The molecule has 0 heterocycles. The van der Waals surface area contributed by atoms with Gasteiger partial charge in [0.1, 0.15) is 6.61 Å². The number of hydrogen-bond acceptors (Lipinski definition) is 3. The molecular formula is C9H14O3. The minimum atomic E-state index is -0.289. The highest BCUT2D eigenvalue weighted by Crippen LogP contribution is 1.90. The highest BCUT2D eigenvalue weighted by Gasteiger charge is 1.85. The third-order valence-electron chi connectivity index (χ3n) is 1.15. The zero-order chi connectivity index (χ0) is 9.40.